The number of halogens is 1. The molecule has 3 N–H and O–H groups in total. The number of hydrazine groups is 1. The number of carbonyl (C=O) groups excluding carboxylic acids is 1. The Balaban J connectivity index is 1.90. The molecule has 0 radical (unpaired) electrons. The quantitative estimate of drug-likeness (QED) is 0.549. The van der Waals surface area contributed by atoms with E-state index in [1.54, 1.807) is 7.05 Å². The number of aryl methyl sites for hydroxylation is 2. The molecule has 0 aliphatic rings. The van der Waals surface area contributed by atoms with Crippen LogP contribution in [0.5, 0.6) is 0 Å². The first-order chi connectivity index (χ1) is 10.9. The summed E-state index contributed by atoms with van der Waals surface area (Å²) in [4.78, 5) is 12.2. The van der Waals surface area contributed by atoms with Gasteiger partial charge in [0, 0.05) is 7.05 Å². The zero-order valence-corrected chi connectivity index (χ0v) is 15.5. The second kappa shape index (κ2) is 7.56. The van der Waals surface area contributed by atoms with E-state index >= 15 is 0 Å². The summed E-state index contributed by atoms with van der Waals surface area (Å²) in [6, 6.07) is 9.93. The number of carbonyl (C=O) groups is 1. The number of aromatic nitrogens is 2. The Bertz CT molecular complexity index is 716. The summed E-state index contributed by atoms with van der Waals surface area (Å²) in [5.74, 6) is -0.323. The number of amides is 1. The van der Waals surface area contributed by atoms with Crippen molar-refractivity contribution < 1.29 is 4.79 Å². The number of hydrogen-bond acceptors (Lipinski definition) is 3. The van der Waals surface area contributed by atoms with Crippen molar-refractivity contribution in [1.29, 1.82) is 0 Å². The predicted octanol–water partition coefficient (Wildman–Crippen LogP) is 2.36. The maximum absolute atomic E-state index is 12.2. The van der Waals surface area contributed by atoms with E-state index in [1.165, 1.54) is 4.68 Å². The van der Waals surface area contributed by atoms with E-state index in [2.05, 4.69) is 37.2 Å². The molecule has 1 unspecified atom stereocenters. The Kier molecular flexibility index (Phi) is 5.73. The van der Waals surface area contributed by atoms with Gasteiger partial charge < -0.3 is 5.32 Å². The zero-order chi connectivity index (χ0) is 17.0. The first-order valence-corrected chi connectivity index (χ1v) is 8.21. The van der Waals surface area contributed by atoms with Gasteiger partial charge >= 0.3 is 0 Å². The van der Waals surface area contributed by atoms with Crippen LogP contribution in [-0.2, 0) is 7.05 Å². The standard InChI is InChI=1S/C15H18BrN5OS/c1-9(11-7-5-4-6-8-11)17-15(23)19-18-14(22)13-12(16)10(2)20-21(13)3/h4-9H,1-3H3,(H,18,22)(H2,17,19,23). The minimum Gasteiger partial charge on any atom is -0.355 e. The van der Waals surface area contributed by atoms with Crippen LogP contribution in [0.2, 0.25) is 0 Å². The van der Waals surface area contributed by atoms with Crippen molar-refractivity contribution >= 4 is 39.2 Å². The molecule has 2 rings (SSSR count). The number of nitrogens with one attached hydrogen (secondary N) is 3. The minimum absolute atomic E-state index is 0.0267. The van der Waals surface area contributed by atoms with Crippen molar-refractivity contribution in [1.82, 2.24) is 25.9 Å². The average molecular weight is 396 g/mol. The van der Waals surface area contributed by atoms with Crippen molar-refractivity contribution in [3.63, 3.8) is 0 Å². The largest absolute Gasteiger partial charge is 0.355 e. The summed E-state index contributed by atoms with van der Waals surface area (Å²) < 4.78 is 2.18. The first kappa shape index (κ1) is 17.4. The molecule has 0 spiro atoms. The van der Waals surface area contributed by atoms with Gasteiger partial charge in [-0.3, -0.25) is 20.3 Å². The Labute approximate surface area is 148 Å². The monoisotopic (exact) mass is 395 g/mol. The summed E-state index contributed by atoms with van der Waals surface area (Å²) >= 11 is 8.56. The maximum atomic E-state index is 12.2. The molecule has 23 heavy (non-hydrogen) atoms. The van der Waals surface area contributed by atoms with Gasteiger partial charge in [0.2, 0.25) is 0 Å². The van der Waals surface area contributed by atoms with Crippen molar-refractivity contribution in [2.45, 2.75) is 19.9 Å². The van der Waals surface area contributed by atoms with Crippen LogP contribution in [0.4, 0.5) is 0 Å². The molecule has 0 aliphatic heterocycles. The molecule has 0 saturated heterocycles. The molecule has 122 valence electrons. The fourth-order valence-corrected chi connectivity index (χ4v) is 2.85. The topological polar surface area (TPSA) is 71.0 Å². The average Bonchev–Trinajstić information content (AvgIpc) is 2.78. The Morgan fingerprint density at radius 3 is 2.52 bits per heavy atom. The van der Waals surface area contributed by atoms with Crippen LogP contribution in [0.15, 0.2) is 34.8 Å². The third kappa shape index (κ3) is 4.29. The second-order valence-electron chi connectivity index (χ2n) is 5.06. The fourth-order valence-electron chi connectivity index (χ4n) is 2.11. The van der Waals surface area contributed by atoms with Crippen molar-refractivity contribution in [3.05, 3.63) is 51.8 Å². The Morgan fingerprint density at radius 1 is 1.30 bits per heavy atom. The predicted molar refractivity (Wildman–Crippen MR) is 96.8 cm³/mol. The molecule has 1 aromatic heterocycles. The number of rotatable bonds is 3. The van der Waals surface area contributed by atoms with Gasteiger partial charge in [-0.1, -0.05) is 30.3 Å². The van der Waals surface area contributed by atoms with E-state index in [-0.39, 0.29) is 11.9 Å². The molecule has 0 bridgehead atoms. The number of thiocarbonyl (C=S) groups is 1. The van der Waals surface area contributed by atoms with E-state index in [9.17, 15) is 4.79 Å². The summed E-state index contributed by atoms with van der Waals surface area (Å²) in [6.45, 7) is 3.81. The van der Waals surface area contributed by atoms with Crippen LogP contribution in [0.3, 0.4) is 0 Å². The summed E-state index contributed by atoms with van der Waals surface area (Å²) in [6.07, 6.45) is 0. The molecule has 1 atom stereocenters. The third-order valence-electron chi connectivity index (χ3n) is 3.30. The highest BCUT2D eigenvalue weighted by Gasteiger charge is 2.18. The van der Waals surface area contributed by atoms with E-state index in [1.807, 2.05) is 44.2 Å². The van der Waals surface area contributed by atoms with Crippen LogP contribution >= 0.6 is 28.1 Å². The molecule has 8 heteroatoms. The van der Waals surface area contributed by atoms with Gasteiger partial charge in [0.25, 0.3) is 5.91 Å². The highest BCUT2D eigenvalue weighted by molar-refractivity contribution is 9.10. The summed E-state index contributed by atoms with van der Waals surface area (Å²) in [5.41, 5.74) is 7.55. The Hall–Kier alpha value is -1.93. The Morgan fingerprint density at radius 2 is 1.96 bits per heavy atom. The highest BCUT2D eigenvalue weighted by Crippen LogP contribution is 2.19. The normalized spacial score (nSPS) is 11.7. The lowest BCUT2D eigenvalue weighted by Crippen LogP contribution is -2.47. The molecule has 2 aromatic rings. The molecule has 1 amide bonds. The number of nitrogens with zero attached hydrogens (tertiary/aromatic N) is 2. The summed E-state index contributed by atoms with van der Waals surface area (Å²) in [7, 11) is 1.71. The summed E-state index contributed by atoms with van der Waals surface area (Å²) in [5, 5.41) is 7.63. The maximum Gasteiger partial charge on any atom is 0.289 e. The lowest BCUT2D eigenvalue weighted by atomic mass is 10.1. The SMILES string of the molecule is Cc1nn(C)c(C(=O)NNC(=S)NC(C)c2ccccc2)c1Br. The lowest BCUT2D eigenvalue weighted by Gasteiger charge is -2.17. The van der Waals surface area contributed by atoms with E-state index in [0.717, 1.165) is 11.3 Å². The van der Waals surface area contributed by atoms with Gasteiger partial charge in [0.1, 0.15) is 5.69 Å². The molecule has 1 aromatic carbocycles. The van der Waals surface area contributed by atoms with Crippen LogP contribution in [0.1, 0.15) is 34.7 Å². The van der Waals surface area contributed by atoms with Crippen molar-refractivity contribution in [3.8, 4) is 0 Å². The number of benzene rings is 1. The van der Waals surface area contributed by atoms with E-state index in [4.69, 9.17) is 12.2 Å². The minimum atomic E-state index is -0.323. The van der Waals surface area contributed by atoms with Crippen LogP contribution in [0.25, 0.3) is 0 Å². The third-order valence-corrected chi connectivity index (χ3v) is 4.47. The molecular formula is C15H18BrN5OS. The zero-order valence-electron chi connectivity index (χ0n) is 13.1. The van der Waals surface area contributed by atoms with E-state index in [0.29, 0.717) is 15.3 Å². The van der Waals surface area contributed by atoms with E-state index < -0.39 is 0 Å². The smallest absolute Gasteiger partial charge is 0.289 e. The van der Waals surface area contributed by atoms with Crippen LogP contribution in [0, 0.1) is 6.92 Å². The number of hydrogen-bond donors (Lipinski definition) is 3. The molecule has 0 fully saturated rings. The second-order valence-corrected chi connectivity index (χ2v) is 6.26. The van der Waals surface area contributed by atoms with Gasteiger partial charge in [-0.15, -0.1) is 0 Å². The first-order valence-electron chi connectivity index (χ1n) is 7.01. The fraction of sp³-hybridized carbons (Fsp3) is 0.267. The van der Waals surface area contributed by atoms with Crippen molar-refractivity contribution in [2.24, 2.45) is 7.05 Å². The van der Waals surface area contributed by atoms with Crippen LogP contribution in [-0.4, -0.2) is 20.8 Å². The van der Waals surface area contributed by atoms with Gasteiger partial charge in [0.15, 0.2) is 5.11 Å². The molecule has 1 heterocycles. The van der Waals surface area contributed by atoms with Gasteiger partial charge in [0.05, 0.1) is 16.2 Å². The van der Waals surface area contributed by atoms with Gasteiger partial charge in [-0.2, -0.15) is 5.10 Å². The van der Waals surface area contributed by atoms with Gasteiger partial charge in [-0.25, -0.2) is 0 Å². The molecular weight excluding hydrogens is 378 g/mol. The van der Waals surface area contributed by atoms with Crippen molar-refractivity contribution in [2.75, 3.05) is 0 Å². The van der Waals surface area contributed by atoms with Crippen LogP contribution < -0.4 is 16.2 Å². The molecule has 0 saturated carbocycles. The molecule has 0 aliphatic carbocycles. The molecule has 6 nitrogen and oxygen atoms in total. The highest BCUT2D eigenvalue weighted by atomic mass is 79.9. The van der Waals surface area contributed by atoms with Gasteiger partial charge in [-0.05, 0) is 47.6 Å². The lowest BCUT2D eigenvalue weighted by molar-refractivity contribution is 0.0933.